The van der Waals surface area contributed by atoms with E-state index in [0.717, 1.165) is 17.9 Å². The maximum Gasteiger partial charge on any atom is 0.123 e. The van der Waals surface area contributed by atoms with Crippen LogP contribution in [0.2, 0.25) is 5.02 Å². The summed E-state index contributed by atoms with van der Waals surface area (Å²) in [6.45, 7) is 4.18. The quantitative estimate of drug-likeness (QED) is 0.691. The highest BCUT2D eigenvalue weighted by atomic mass is 35.5. The average Bonchev–Trinajstić information content (AvgIpc) is 2.41. The molecule has 0 N–H and O–H groups in total. The fourth-order valence-corrected chi connectivity index (χ4v) is 1.57. The van der Waals surface area contributed by atoms with Crippen LogP contribution in [0.15, 0.2) is 48.5 Å². The van der Waals surface area contributed by atoms with Gasteiger partial charge in [0.25, 0.3) is 0 Å². The zero-order chi connectivity index (χ0) is 13.4. The van der Waals surface area contributed by atoms with E-state index in [1.807, 2.05) is 31.2 Å². The number of benzene rings is 2. The van der Waals surface area contributed by atoms with Crippen molar-refractivity contribution >= 4 is 11.6 Å². The Morgan fingerprint density at radius 2 is 1.17 bits per heavy atom. The Kier molecular flexibility index (Phi) is 6.45. The minimum absolute atomic E-state index is 0.160. The van der Waals surface area contributed by atoms with Gasteiger partial charge >= 0.3 is 0 Å². The van der Waals surface area contributed by atoms with Crippen LogP contribution in [0, 0.1) is 5.82 Å². The first-order valence-corrected chi connectivity index (χ1v) is 6.52. The smallest absolute Gasteiger partial charge is 0.123 e. The highest BCUT2D eigenvalue weighted by molar-refractivity contribution is 6.30. The molecule has 0 radical (unpaired) electrons. The molecule has 0 aliphatic heterocycles. The number of rotatable bonds is 2. The van der Waals surface area contributed by atoms with Crippen LogP contribution in [-0.4, -0.2) is 0 Å². The predicted molar refractivity (Wildman–Crippen MR) is 76.6 cm³/mol. The lowest BCUT2D eigenvalue weighted by Crippen LogP contribution is -1.78. The molecule has 2 heteroatoms. The summed E-state index contributed by atoms with van der Waals surface area (Å²) in [5, 5.41) is 0.812. The molecule has 0 saturated heterocycles. The lowest BCUT2D eigenvalue weighted by atomic mass is 10.2. The summed E-state index contributed by atoms with van der Waals surface area (Å²) >= 11 is 5.67. The van der Waals surface area contributed by atoms with E-state index in [0.29, 0.717) is 0 Å². The second-order valence-electron chi connectivity index (χ2n) is 3.96. The van der Waals surface area contributed by atoms with Gasteiger partial charge < -0.3 is 0 Å². The molecule has 0 spiro atoms. The first-order chi connectivity index (χ1) is 8.65. The molecule has 0 nitrogen and oxygen atoms in total. The van der Waals surface area contributed by atoms with Crippen molar-refractivity contribution in [2.75, 3.05) is 0 Å². The van der Waals surface area contributed by atoms with Crippen LogP contribution in [0.25, 0.3) is 0 Å². The van der Waals surface area contributed by atoms with Crippen molar-refractivity contribution in [3.63, 3.8) is 0 Å². The fourth-order valence-electron chi connectivity index (χ4n) is 1.44. The summed E-state index contributed by atoms with van der Waals surface area (Å²) in [7, 11) is 0. The van der Waals surface area contributed by atoms with Gasteiger partial charge in [-0.3, -0.25) is 0 Å². The van der Waals surface area contributed by atoms with E-state index in [-0.39, 0.29) is 5.82 Å². The first-order valence-electron chi connectivity index (χ1n) is 6.14. The van der Waals surface area contributed by atoms with E-state index in [2.05, 4.69) is 6.92 Å². The van der Waals surface area contributed by atoms with E-state index in [4.69, 9.17) is 11.6 Å². The Balaban J connectivity index is 0.000000180. The largest absolute Gasteiger partial charge is 0.207 e. The van der Waals surface area contributed by atoms with Crippen LogP contribution in [0.1, 0.15) is 25.0 Å². The molecule has 0 atom stereocenters. The highest BCUT2D eigenvalue weighted by Crippen LogP contribution is 2.09. The Morgan fingerprint density at radius 3 is 1.56 bits per heavy atom. The lowest BCUT2D eigenvalue weighted by Gasteiger charge is -1.93. The van der Waals surface area contributed by atoms with Crippen molar-refractivity contribution in [3.05, 3.63) is 70.5 Å². The normalized spacial score (nSPS) is 9.56. The van der Waals surface area contributed by atoms with Gasteiger partial charge in [0.15, 0.2) is 0 Å². The Morgan fingerprint density at radius 1 is 0.778 bits per heavy atom. The average molecular weight is 265 g/mol. The van der Waals surface area contributed by atoms with Crippen LogP contribution in [-0.2, 0) is 12.8 Å². The van der Waals surface area contributed by atoms with Gasteiger partial charge in [-0.25, -0.2) is 4.39 Å². The minimum Gasteiger partial charge on any atom is -0.207 e. The third-order valence-electron chi connectivity index (χ3n) is 2.64. The van der Waals surface area contributed by atoms with Crippen LogP contribution in [0.5, 0.6) is 0 Å². The monoisotopic (exact) mass is 264 g/mol. The molecule has 0 bridgehead atoms. The summed E-state index contributed by atoms with van der Waals surface area (Å²) in [5.41, 5.74) is 2.51. The molecule has 0 aliphatic rings. The van der Waals surface area contributed by atoms with Crippen molar-refractivity contribution in [2.45, 2.75) is 26.7 Å². The first kappa shape index (κ1) is 14.7. The van der Waals surface area contributed by atoms with E-state index < -0.39 is 0 Å². The van der Waals surface area contributed by atoms with Crippen molar-refractivity contribution in [1.29, 1.82) is 0 Å². The van der Waals surface area contributed by atoms with Crippen molar-refractivity contribution < 1.29 is 4.39 Å². The number of hydrogen-bond donors (Lipinski definition) is 0. The molecule has 0 saturated carbocycles. The predicted octanol–water partition coefficient (Wildman–Crippen LogP) is 5.29. The summed E-state index contributed by atoms with van der Waals surface area (Å²) in [6, 6.07) is 14.5. The van der Waals surface area contributed by atoms with E-state index >= 15 is 0 Å². The van der Waals surface area contributed by atoms with Gasteiger partial charge in [0.2, 0.25) is 0 Å². The molecule has 0 unspecified atom stereocenters. The Bertz CT molecular complexity index is 400. The molecule has 0 fully saturated rings. The number of hydrogen-bond acceptors (Lipinski definition) is 0. The molecule has 96 valence electrons. The van der Waals surface area contributed by atoms with Gasteiger partial charge in [0.05, 0.1) is 0 Å². The van der Waals surface area contributed by atoms with Crippen LogP contribution in [0.3, 0.4) is 0 Å². The number of aryl methyl sites for hydroxylation is 2. The van der Waals surface area contributed by atoms with Crippen molar-refractivity contribution in [3.8, 4) is 0 Å². The number of halogens is 2. The third-order valence-corrected chi connectivity index (χ3v) is 2.89. The molecule has 0 aromatic heterocycles. The molecule has 2 rings (SSSR count). The Labute approximate surface area is 113 Å². The summed E-state index contributed by atoms with van der Waals surface area (Å²) in [5.74, 6) is -0.160. The molecular weight excluding hydrogens is 247 g/mol. The van der Waals surface area contributed by atoms with Gasteiger partial charge in [0, 0.05) is 5.02 Å². The molecule has 2 aromatic rings. The maximum absolute atomic E-state index is 12.2. The zero-order valence-electron chi connectivity index (χ0n) is 10.8. The summed E-state index contributed by atoms with van der Waals surface area (Å²) in [4.78, 5) is 0. The van der Waals surface area contributed by atoms with E-state index in [1.54, 1.807) is 12.1 Å². The second-order valence-corrected chi connectivity index (χ2v) is 4.40. The molecule has 18 heavy (non-hydrogen) atoms. The van der Waals surface area contributed by atoms with Gasteiger partial charge in [-0.15, -0.1) is 0 Å². The topological polar surface area (TPSA) is 0 Å². The lowest BCUT2D eigenvalue weighted by molar-refractivity contribution is 0.627. The third kappa shape index (κ3) is 5.33. The highest BCUT2D eigenvalue weighted by Gasteiger charge is 1.88. The maximum atomic E-state index is 12.2. The van der Waals surface area contributed by atoms with Gasteiger partial charge in [0.1, 0.15) is 5.82 Å². The zero-order valence-corrected chi connectivity index (χ0v) is 11.5. The van der Waals surface area contributed by atoms with Gasteiger partial charge in [-0.2, -0.15) is 0 Å². The van der Waals surface area contributed by atoms with Gasteiger partial charge in [-0.05, 0) is 48.2 Å². The van der Waals surface area contributed by atoms with Crippen molar-refractivity contribution in [1.82, 2.24) is 0 Å². The van der Waals surface area contributed by atoms with Gasteiger partial charge in [-0.1, -0.05) is 49.7 Å². The SMILES string of the molecule is CCc1ccc(Cl)cc1.CCc1ccc(F)cc1. The Hall–Kier alpha value is -1.34. The van der Waals surface area contributed by atoms with E-state index in [9.17, 15) is 4.39 Å². The van der Waals surface area contributed by atoms with Crippen molar-refractivity contribution in [2.24, 2.45) is 0 Å². The fraction of sp³-hybridized carbons (Fsp3) is 0.250. The van der Waals surface area contributed by atoms with Crippen LogP contribution >= 0.6 is 11.6 Å². The molecule has 0 amide bonds. The minimum atomic E-state index is -0.160. The molecule has 2 aromatic carbocycles. The molecule has 0 aliphatic carbocycles. The molecule has 0 heterocycles. The summed E-state index contributed by atoms with van der Waals surface area (Å²) in [6.07, 6.45) is 2.05. The summed E-state index contributed by atoms with van der Waals surface area (Å²) < 4.78 is 12.2. The second kappa shape index (κ2) is 7.88. The van der Waals surface area contributed by atoms with Crippen LogP contribution in [0.4, 0.5) is 4.39 Å². The van der Waals surface area contributed by atoms with Crippen LogP contribution < -0.4 is 0 Å². The molecular formula is C16H18ClF. The standard InChI is InChI=1S/C8H9Cl.C8H9F/c2*1-2-7-3-5-8(9)6-4-7/h2*3-6H,2H2,1H3. The van der Waals surface area contributed by atoms with E-state index in [1.165, 1.54) is 23.3 Å².